The summed E-state index contributed by atoms with van der Waals surface area (Å²) in [7, 11) is 1.80. The first-order valence-corrected chi connectivity index (χ1v) is 6.43. The Kier molecular flexibility index (Phi) is 3.44. The smallest absolute Gasteiger partial charge is 0.105 e. The molecule has 2 aliphatic rings. The number of thioether (sulfide) groups is 1. The number of aliphatic hydroxyl groups is 3. The summed E-state index contributed by atoms with van der Waals surface area (Å²) in [6, 6.07) is -0.252. The first-order chi connectivity index (χ1) is 7.54. The van der Waals surface area contributed by atoms with Gasteiger partial charge in [-0.25, -0.2) is 0 Å². The lowest BCUT2D eigenvalue weighted by Gasteiger charge is -2.39. The van der Waals surface area contributed by atoms with Crippen LogP contribution in [0.4, 0.5) is 0 Å². The summed E-state index contributed by atoms with van der Waals surface area (Å²) < 4.78 is 0. The van der Waals surface area contributed by atoms with Crippen LogP contribution in [0.15, 0.2) is 4.99 Å². The summed E-state index contributed by atoms with van der Waals surface area (Å²) in [5.41, 5.74) is 0. The van der Waals surface area contributed by atoms with Crippen molar-refractivity contribution in [3.8, 4) is 0 Å². The van der Waals surface area contributed by atoms with E-state index in [1.165, 1.54) is 11.8 Å². The minimum absolute atomic E-state index is 0.153. The topological polar surface area (TPSA) is 85.1 Å². The van der Waals surface area contributed by atoms with Gasteiger partial charge in [0.15, 0.2) is 0 Å². The zero-order chi connectivity index (χ0) is 11.9. The number of aliphatic imine (C=N–C) groups is 1. The number of fused-ring (bicyclic) bond motifs is 1. The maximum Gasteiger partial charge on any atom is 0.105 e. The second-order valence-corrected chi connectivity index (χ2v) is 5.80. The van der Waals surface area contributed by atoms with Gasteiger partial charge < -0.3 is 20.6 Å². The Morgan fingerprint density at radius 3 is 2.69 bits per heavy atom. The Balaban J connectivity index is 2.14. The third kappa shape index (κ3) is 1.95. The molecule has 5 nitrogen and oxygen atoms in total. The molecule has 0 bridgehead atoms. The molecule has 0 aromatic heterocycles. The molecule has 1 unspecified atom stereocenters. The van der Waals surface area contributed by atoms with Crippen LogP contribution >= 0.6 is 11.8 Å². The molecule has 0 aromatic rings. The molecule has 6 atom stereocenters. The molecule has 0 spiro atoms. The van der Waals surface area contributed by atoms with Crippen molar-refractivity contribution in [1.82, 2.24) is 5.32 Å². The molecule has 0 amide bonds. The average molecular weight is 246 g/mol. The summed E-state index contributed by atoms with van der Waals surface area (Å²) in [4.78, 5) is 4.35. The fourth-order valence-electron chi connectivity index (χ4n) is 2.30. The van der Waals surface area contributed by atoms with Gasteiger partial charge >= 0.3 is 0 Å². The Hall–Kier alpha value is -0.300. The van der Waals surface area contributed by atoms with E-state index < -0.39 is 18.3 Å². The molecule has 0 radical (unpaired) electrons. The van der Waals surface area contributed by atoms with Crippen molar-refractivity contribution in [1.29, 1.82) is 0 Å². The number of amidine groups is 1. The monoisotopic (exact) mass is 246 g/mol. The highest BCUT2D eigenvalue weighted by atomic mass is 32.2. The van der Waals surface area contributed by atoms with Gasteiger partial charge in [-0.05, 0) is 6.92 Å². The van der Waals surface area contributed by atoms with E-state index >= 15 is 0 Å². The maximum atomic E-state index is 9.97. The molecule has 0 aliphatic carbocycles. The molecule has 2 heterocycles. The number of hydrogen-bond acceptors (Lipinski definition) is 6. The summed E-state index contributed by atoms with van der Waals surface area (Å²) in [6.07, 6.45) is -1.66. The molecule has 4 N–H and O–H groups in total. The molecule has 2 aliphatic heterocycles. The third-order valence-corrected chi connectivity index (χ3v) is 4.99. The second-order valence-electron chi connectivity index (χ2n) is 4.38. The fourth-order valence-corrected chi connectivity index (χ4v) is 3.89. The maximum absolute atomic E-state index is 9.97. The molecule has 1 saturated heterocycles. The lowest BCUT2D eigenvalue weighted by Crippen LogP contribution is -2.53. The van der Waals surface area contributed by atoms with Crippen LogP contribution in [0.3, 0.4) is 0 Å². The predicted octanol–water partition coefficient (Wildman–Crippen LogP) is -1.04. The molecule has 0 saturated carbocycles. The van der Waals surface area contributed by atoms with E-state index in [-0.39, 0.29) is 16.5 Å². The van der Waals surface area contributed by atoms with E-state index in [0.717, 1.165) is 12.3 Å². The molecular formula is C10H18N2O3S. The van der Waals surface area contributed by atoms with Crippen molar-refractivity contribution in [2.75, 3.05) is 7.05 Å². The van der Waals surface area contributed by atoms with Crippen molar-refractivity contribution < 1.29 is 15.3 Å². The zero-order valence-electron chi connectivity index (χ0n) is 9.37. The van der Waals surface area contributed by atoms with Crippen molar-refractivity contribution >= 4 is 17.6 Å². The predicted molar refractivity (Wildman–Crippen MR) is 63.8 cm³/mol. The van der Waals surface area contributed by atoms with Gasteiger partial charge in [0.2, 0.25) is 0 Å². The molecule has 1 fully saturated rings. The zero-order valence-corrected chi connectivity index (χ0v) is 10.2. The minimum Gasteiger partial charge on any atom is -0.392 e. The molecule has 2 rings (SSSR count). The van der Waals surface area contributed by atoms with Gasteiger partial charge in [0.1, 0.15) is 6.10 Å². The highest BCUT2D eigenvalue weighted by Gasteiger charge is 2.48. The van der Waals surface area contributed by atoms with Gasteiger partial charge in [0.25, 0.3) is 0 Å². The van der Waals surface area contributed by atoms with Crippen molar-refractivity contribution in [3.63, 3.8) is 0 Å². The quantitative estimate of drug-likeness (QED) is 0.475. The number of nitrogens with zero attached hydrogens (tertiary/aromatic N) is 1. The molecular weight excluding hydrogens is 228 g/mol. The number of hydrogen-bond donors (Lipinski definition) is 4. The summed E-state index contributed by atoms with van der Waals surface area (Å²) in [6.45, 7) is 1.64. The lowest BCUT2D eigenvalue weighted by atomic mass is 9.97. The SMILES string of the molecule is CNC1=N[C@@H]2[C@@H](O)[C@H](O)C([C@H](C)O)S[C@@H]2C1. The largest absolute Gasteiger partial charge is 0.392 e. The normalized spacial score (nSPS) is 44.8. The summed E-state index contributed by atoms with van der Waals surface area (Å²) >= 11 is 1.53. The van der Waals surface area contributed by atoms with E-state index in [1.807, 2.05) is 0 Å². The number of aliphatic hydroxyl groups excluding tert-OH is 3. The average Bonchev–Trinajstić information content (AvgIpc) is 2.66. The number of nitrogens with one attached hydrogen (secondary N) is 1. The lowest BCUT2D eigenvalue weighted by molar-refractivity contribution is -0.0197. The Labute approximate surface area is 99.0 Å². The van der Waals surface area contributed by atoms with Crippen LogP contribution in [-0.2, 0) is 0 Å². The summed E-state index contributed by atoms with van der Waals surface area (Å²) in [5.74, 6) is 0.861. The van der Waals surface area contributed by atoms with E-state index in [9.17, 15) is 15.3 Å². The van der Waals surface area contributed by atoms with Crippen LogP contribution < -0.4 is 5.32 Å². The molecule has 6 heteroatoms. The van der Waals surface area contributed by atoms with Crippen LogP contribution in [0.2, 0.25) is 0 Å². The van der Waals surface area contributed by atoms with Gasteiger partial charge in [-0.15, -0.1) is 11.8 Å². The van der Waals surface area contributed by atoms with Gasteiger partial charge in [-0.3, -0.25) is 4.99 Å². The van der Waals surface area contributed by atoms with Crippen LogP contribution in [0.1, 0.15) is 13.3 Å². The third-order valence-electron chi connectivity index (χ3n) is 3.21. The first kappa shape index (κ1) is 12.2. The van der Waals surface area contributed by atoms with E-state index in [0.29, 0.717) is 0 Å². The van der Waals surface area contributed by atoms with Crippen molar-refractivity contribution in [2.24, 2.45) is 4.99 Å². The van der Waals surface area contributed by atoms with Crippen molar-refractivity contribution in [2.45, 2.75) is 48.2 Å². The highest BCUT2D eigenvalue weighted by molar-refractivity contribution is 8.00. The summed E-state index contributed by atoms with van der Waals surface area (Å²) in [5, 5.41) is 32.2. The van der Waals surface area contributed by atoms with Crippen LogP contribution in [0.5, 0.6) is 0 Å². The first-order valence-electron chi connectivity index (χ1n) is 5.48. The Morgan fingerprint density at radius 2 is 2.12 bits per heavy atom. The van der Waals surface area contributed by atoms with Crippen molar-refractivity contribution in [3.05, 3.63) is 0 Å². The Morgan fingerprint density at radius 1 is 1.44 bits per heavy atom. The number of rotatable bonds is 1. The van der Waals surface area contributed by atoms with E-state index in [2.05, 4.69) is 10.3 Å². The van der Waals surface area contributed by atoms with Gasteiger partial charge in [-0.2, -0.15) is 0 Å². The second kappa shape index (κ2) is 4.52. The fraction of sp³-hybridized carbons (Fsp3) is 0.900. The van der Waals surface area contributed by atoms with Gasteiger partial charge in [0.05, 0.1) is 29.3 Å². The van der Waals surface area contributed by atoms with E-state index in [1.54, 1.807) is 14.0 Å². The molecule has 0 aromatic carbocycles. The molecule has 16 heavy (non-hydrogen) atoms. The minimum atomic E-state index is -0.911. The van der Waals surface area contributed by atoms with Crippen LogP contribution in [-0.4, -0.2) is 63.1 Å². The molecule has 92 valence electrons. The van der Waals surface area contributed by atoms with Gasteiger partial charge in [-0.1, -0.05) is 0 Å². The van der Waals surface area contributed by atoms with Crippen LogP contribution in [0, 0.1) is 0 Å². The highest BCUT2D eigenvalue weighted by Crippen LogP contribution is 2.40. The van der Waals surface area contributed by atoms with Crippen LogP contribution in [0.25, 0.3) is 0 Å². The standard InChI is InChI=1S/C10H18N2O3S/c1-4(13)10-9(15)8(14)7-5(16-10)3-6(11-2)12-7/h4-5,7-10,13-15H,3H2,1-2H3,(H,11,12)/t4-,5+,7-,8+,9-,10?/m0/s1. The van der Waals surface area contributed by atoms with Gasteiger partial charge in [0, 0.05) is 18.7 Å². The van der Waals surface area contributed by atoms with E-state index in [4.69, 9.17) is 0 Å². The Bertz CT molecular complexity index is 298.